The van der Waals surface area contributed by atoms with E-state index in [-0.39, 0.29) is 11.6 Å². The number of esters is 1. The molecule has 0 saturated carbocycles. The fraction of sp³-hybridized carbons (Fsp3) is 0.316. The van der Waals surface area contributed by atoms with Gasteiger partial charge >= 0.3 is 5.97 Å². The highest BCUT2D eigenvalue weighted by molar-refractivity contribution is 6.03. The van der Waals surface area contributed by atoms with Gasteiger partial charge in [-0.1, -0.05) is 6.07 Å². The van der Waals surface area contributed by atoms with Gasteiger partial charge in [-0.05, 0) is 24.3 Å². The number of hydrogen-bond donors (Lipinski definition) is 1. The van der Waals surface area contributed by atoms with Crippen LogP contribution in [-0.4, -0.2) is 65.9 Å². The first-order chi connectivity index (χ1) is 13.5. The van der Waals surface area contributed by atoms with Crippen LogP contribution in [0.3, 0.4) is 0 Å². The molecule has 0 atom stereocenters. The van der Waals surface area contributed by atoms with Crippen LogP contribution in [-0.2, 0) is 9.53 Å². The molecule has 28 heavy (non-hydrogen) atoms. The van der Waals surface area contributed by atoms with Crippen molar-refractivity contribution in [2.24, 2.45) is 0 Å². The molecule has 2 aromatic rings. The maximum Gasteiger partial charge on any atom is 0.337 e. The molecule has 2 heterocycles. The molecule has 2 amide bonds. The van der Waals surface area contributed by atoms with Crippen LogP contribution in [0.25, 0.3) is 0 Å². The van der Waals surface area contributed by atoms with Crippen LogP contribution in [0.2, 0.25) is 0 Å². The van der Waals surface area contributed by atoms with Crippen LogP contribution in [0.5, 0.6) is 0 Å². The molecule has 1 aliphatic rings. The predicted molar refractivity (Wildman–Crippen MR) is 102 cm³/mol. The van der Waals surface area contributed by atoms with Crippen LogP contribution in [0, 0.1) is 0 Å². The van der Waals surface area contributed by atoms with Crippen molar-refractivity contribution in [3.8, 4) is 0 Å². The van der Waals surface area contributed by atoms with Gasteiger partial charge in [-0.15, -0.1) is 0 Å². The molecule has 1 N–H and O–H groups in total. The van der Waals surface area contributed by atoms with Crippen LogP contribution < -0.4 is 10.2 Å². The minimum absolute atomic E-state index is 0.0443. The average Bonchev–Trinajstić information content (AvgIpc) is 2.73. The van der Waals surface area contributed by atoms with Crippen molar-refractivity contribution < 1.29 is 19.1 Å². The summed E-state index contributed by atoms with van der Waals surface area (Å²) in [7, 11) is 1.30. The summed E-state index contributed by atoms with van der Waals surface area (Å²) in [6.45, 7) is 3.94. The number of nitrogens with zero attached hydrogens (tertiary/aromatic N) is 4. The molecule has 0 aliphatic carbocycles. The van der Waals surface area contributed by atoms with Gasteiger partial charge in [0.1, 0.15) is 5.69 Å². The summed E-state index contributed by atoms with van der Waals surface area (Å²) >= 11 is 0. The molecule has 1 aliphatic heterocycles. The lowest BCUT2D eigenvalue weighted by Gasteiger charge is -2.34. The van der Waals surface area contributed by atoms with Crippen LogP contribution in [0.15, 0.2) is 36.5 Å². The number of methoxy groups -OCH3 is 1. The number of carbonyl (C=O) groups is 3. The number of rotatable bonds is 4. The maximum absolute atomic E-state index is 12.6. The summed E-state index contributed by atoms with van der Waals surface area (Å²) in [5.41, 5.74) is 1.01. The van der Waals surface area contributed by atoms with E-state index in [9.17, 15) is 14.4 Å². The summed E-state index contributed by atoms with van der Waals surface area (Å²) < 4.78 is 4.68. The summed E-state index contributed by atoms with van der Waals surface area (Å²) in [4.78, 5) is 47.9. The normalized spacial score (nSPS) is 13.8. The lowest BCUT2D eigenvalue weighted by molar-refractivity contribution is -0.129. The van der Waals surface area contributed by atoms with Crippen molar-refractivity contribution in [3.63, 3.8) is 0 Å². The van der Waals surface area contributed by atoms with E-state index >= 15 is 0 Å². The van der Waals surface area contributed by atoms with E-state index in [4.69, 9.17) is 0 Å². The van der Waals surface area contributed by atoms with Gasteiger partial charge in [0, 0.05) is 45.0 Å². The van der Waals surface area contributed by atoms with E-state index in [1.165, 1.54) is 25.4 Å². The van der Waals surface area contributed by atoms with E-state index in [0.29, 0.717) is 43.4 Å². The fourth-order valence-electron chi connectivity index (χ4n) is 2.89. The predicted octanol–water partition coefficient (Wildman–Crippen LogP) is 1.18. The monoisotopic (exact) mass is 383 g/mol. The number of amides is 2. The molecule has 1 fully saturated rings. The highest BCUT2D eigenvalue weighted by atomic mass is 16.5. The molecular weight excluding hydrogens is 362 g/mol. The molecule has 0 bridgehead atoms. The van der Waals surface area contributed by atoms with E-state index in [2.05, 4.69) is 20.0 Å². The molecule has 9 nitrogen and oxygen atoms in total. The van der Waals surface area contributed by atoms with Gasteiger partial charge in [0.2, 0.25) is 11.9 Å². The Morgan fingerprint density at radius 1 is 1.11 bits per heavy atom. The van der Waals surface area contributed by atoms with Gasteiger partial charge in [-0.25, -0.2) is 14.8 Å². The Hall–Kier alpha value is -3.49. The molecular formula is C19H21N5O4. The lowest BCUT2D eigenvalue weighted by atomic mass is 10.2. The number of ether oxygens (including phenoxy) is 1. The molecule has 1 aromatic carbocycles. The molecule has 0 unspecified atom stereocenters. The number of aromatic nitrogens is 2. The number of anilines is 2. The van der Waals surface area contributed by atoms with Crippen molar-refractivity contribution in [1.82, 2.24) is 14.9 Å². The van der Waals surface area contributed by atoms with Crippen molar-refractivity contribution in [2.75, 3.05) is 43.5 Å². The van der Waals surface area contributed by atoms with E-state index in [0.717, 1.165) is 0 Å². The number of hydrogen-bond acceptors (Lipinski definition) is 7. The third-order valence-corrected chi connectivity index (χ3v) is 4.42. The number of benzene rings is 1. The van der Waals surface area contributed by atoms with Crippen molar-refractivity contribution in [1.29, 1.82) is 0 Å². The van der Waals surface area contributed by atoms with Gasteiger partial charge in [-0.2, -0.15) is 0 Å². The molecule has 0 spiro atoms. The standard InChI is InChI=1S/C19H21N5O4/c1-13(25)23-8-10-24(11-9-23)19-20-7-6-16(22-19)17(26)21-15-5-3-4-14(12-15)18(27)28-2/h3-7,12H,8-11H2,1-2H3,(H,21,26). The topological polar surface area (TPSA) is 105 Å². The van der Waals surface area contributed by atoms with Gasteiger partial charge < -0.3 is 19.9 Å². The van der Waals surface area contributed by atoms with Crippen LogP contribution >= 0.6 is 0 Å². The third kappa shape index (κ3) is 4.43. The zero-order chi connectivity index (χ0) is 20.1. The Balaban J connectivity index is 1.69. The molecule has 1 aromatic heterocycles. The highest BCUT2D eigenvalue weighted by Gasteiger charge is 2.21. The Labute approximate surface area is 162 Å². The second-order valence-corrected chi connectivity index (χ2v) is 6.26. The Morgan fingerprint density at radius 2 is 1.86 bits per heavy atom. The average molecular weight is 383 g/mol. The van der Waals surface area contributed by atoms with Crippen LogP contribution in [0.1, 0.15) is 27.8 Å². The molecule has 9 heteroatoms. The Morgan fingerprint density at radius 3 is 2.54 bits per heavy atom. The maximum atomic E-state index is 12.6. The second-order valence-electron chi connectivity index (χ2n) is 6.26. The van der Waals surface area contributed by atoms with Gasteiger partial charge in [0.25, 0.3) is 5.91 Å². The third-order valence-electron chi connectivity index (χ3n) is 4.42. The zero-order valence-electron chi connectivity index (χ0n) is 15.7. The van der Waals surface area contributed by atoms with E-state index in [1.807, 2.05) is 4.90 Å². The first kappa shape index (κ1) is 19.3. The van der Waals surface area contributed by atoms with Crippen LogP contribution in [0.4, 0.5) is 11.6 Å². The highest BCUT2D eigenvalue weighted by Crippen LogP contribution is 2.15. The summed E-state index contributed by atoms with van der Waals surface area (Å²) in [5.74, 6) is -0.403. The largest absolute Gasteiger partial charge is 0.465 e. The Bertz CT molecular complexity index is 893. The summed E-state index contributed by atoms with van der Waals surface area (Å²) in [5, 5.41) is 2.72. The summed E-state index contributed by atoms with van der Waals surface area (Å²) in [6, 6.07) is 7.99. The number of nitrogens with one attached hydrogen (secondary N) is 1. The summed E-state index contributed by atoms with van der Waals surface area (Å²) in [6.07, 6.45) is 1.53. The molecule has 1 saturated heterocycles. The Kier molecular flexibility index (Phi) is 5.83. The van der Waals surface area contributed by atoms with Crippen molar-refractivity contribution >= 4 is 29.4 Å². The van der Waals surface area contributed by atoms with Gasteiger partial charge in [0.15, 0.2) is 0 Å². The number of piperazine rings is 1. The smallest absolute Gasteiger partial charge is 0.337 e. The fourth-order valence-corrected chi connectivity index (χ4v) is 2.89. The van der Waals surface area contributed by atoms with Gasteiger partial charge in [0.05, 0.1) is 12.7 Å². The second kappa shape index (κ2) is 8.47. The quantitative estimate of drug-likeness (QED) is 0.791. The molecule has 146 valence electrons. The van der Waals surface area contributed by atoms with Crippen molar-refractivity contribution in [2.45, 2.75) is 6.92 Å². The van der Waals surface area contributed by atoms with E-state index in [1.54, 1.807) is 30.0 Å². The van der Waals surface area contributed by atoms with E-state index < -0.39 is 11.9 Å². The first-order valence-corrected chi connectivity index (χ1v) is 8.81. The zero-order valence-corrected chi connectivity index (χ0v) is 15.7. The minimum Gasteiger partial charge on any atom is -0.465 e. The van der Waals surface area contributed by atoms with Gasteiger partial charge in [-0.3, -0.25) is 9.59 Å². The minimum atomic E-state index is -0.481. The lowest BCUT2D eigenvalue weighted by Crippen LogP contribution is -2.48. The SMILES string of the molecule is COC(=O)c1cccc(NC(=O)c2ccnc(N3CCN(C(C)=O)CC3)n2)c1. The first-order valence-electron chi connectivity index (χ1n) is 8.81. The molecule has 0 radical (unpaired) electrons. The number of carbonyl (C=O) groups excluding carboxylic acids is 3. The van der Waals surface area contributed by atoms with Crippen molar-refractivity contribution in [3.05, 3.63) is 47.8 Å². The molecule has 3 rings (SSSR count).